The Bertz CT molecular complexity index is 529. The summed E-state index contributed by atoms with van der Waals surface area (Å²) >= 11 is 0. The summed E-state index contributed by atoms with van der Waals surface area (Å²) in [6, 6.07) is -0.832. The number of nitrogens with one attached hydrogen (secondary N) is 1. The first-order valence-electron chi connectivity index (χ1n) is 7.86. The van der Waals surface area contributed by atoms with Gasteiger partial charge in [0.2, 0.25) is 5.82 Å². The highest BCUT2D eigenvalue weighted by molar-refractivity contribution is 5.28. The van der Waals surface area contributed by atoms with Crippen LogP contribution in [0.3, 0.4) is 0 Å². The van der Waals surface area contributed by atoms with Gasteiger partial charge in [-0.1, -0.05) is 20.3 Å². The van der Waals surface area contributed by atoms with Gasteiger partial charge in [-0.25, -0.2) is 22.0 Å². The first-order chi connectivity index (χ1) is 10.9. The molecule has 1 aliphatic heterocycles. The van der Waals surface area contributed by atoms with Gasteiger partial charge in [-0.3, -0.25) is 4.90 Å². The van der Waals surface area contributed by atoms with Crippen LogP contribution in [0.15, 0.2) is 0 Å². The van der Waals surface area contributed by atoms with Crippen molar-refractivity contribution in [2.45, 2.75) is 32.7 Å². The van der Waals surface area contributed by atoms with Crippen LogP contribution in [0.4, 0.5) is 22.0 Å². The molecule has 0 spiro atoms. The van der Waals surface area contributed by atoms with Crippen LogP contribution in [0.5, 0.6) is 0 Å². The largest absolute Gasteiger partial charge is 0.314 e. The molecule has 0 saturated carbocycles. The first kappa shape index (κ1) is 18.1. The van der Waals surface area contributed by atoms with E-state index < -0.39 is 40.7 Å². The Morgan fingerprint density at radius 2 is 1.39 bits per heavy atom. The number of nitrogens with zero attached hydrogens (tertiary/aromatic N) is 1. The molecule has 2 rings (SSSR count). The summed E-state index contributed by atoms with van der Waals surface area (Å²) in [4.78, 5) is 1.80. The molecule has 7 heteroatoms. The van der Waals surface area contributed by atoms with E-state index in [-0.39, 0.29) is 5.92 Å². The van der Waals surface area contributed by atoms with Gasteiger partial charge in [0.15, 0.2) is 23.3 Å². The van der Waals surface area contributed by atoms with Gasteiger partial charge in [0.25, 0.3) is 0 Å². The van der Waals surface area contributed by atoms with Crippen LogP contribution in [-0.2, 0) is 0 Å². The lowest BCUT2D eigenvalue weighted by atomic mass is 9.88. The maximum atomic E-state index is 14.2. The van der Waals surface area contributed by atoms with Crippen molar-refractivity contribution in [2.24, 2.45) is 5.92 Å². The second-order valence-electron chi connectivity index (χ2n) is 5.98. The third kappa shape index (κ3) is 3.50. The molecule has 1 saturated heterocycles. The molecule has 0 aromatic heterocycles. The summed E-state index contributed by atoms with van der Waals surface area (Å²) in [7, 11) is 0. The molecule has 0 radical (unpaired) electrons. The van der Waals surface area contributed by atoms with Crippen molar-refractivity contribution in [3.63, 3.8) is 0 Å². The Morgan fingerprint density at radius 3 is 1.87 bits per heavy atom. The van der Waals surface area contributed by atoms with E-state index >= 15 is 0 Å². The van der Waals surface area contributed by atoms with Gasteiger partial charge < -0.3 is 5.32 Å². The maximum Gasteiger partial charge on any atom is 0.200 e. The summed E-state index contributed by atoms with van der Waals surface area (Å²) in [6.07, 6.45) is 1.40. The molecule has 1 aliphatic rings. The number of hydrogen-bond acceptors (Lipinski definition) is 2. The molecule has 1 fully saturated rings. The fraction of sp³-hybridized carbons (Fsp3) is 0.625. The van der Waals surface area contributed by atoms with Crippen molar-refractivity contribution in [2.75, 3.05) is 26.2 Å². The molecule has 23 heavy (non-hydrogen) atoms. The number of piperazine rings is 1. The second kappa shape index (κ2) is 7.57. The predicted octanol–water partition coefficient (Wildman–Crippen LogP) is 3.76. The van der Waals surface area contributed by atoms with Crippen LogP contribution in [0.2, 0.25) is 0 Å². The van der Waals surface area contributed by atoms with Gasteiger partial charge in [0.1, 0.15) is 0 Å². The van der Waals surface area contributed by atoms with Gasteiger partial charge in [0, 0.05) is 37.8 Å². The Kier molecular flexibility index (Phi) is 5.97. The molecule has 1 N–H and O–H groups in total. The fourth-order valence-corrected chi connectivity index (χ4v) is 3.28. The van der Waals surface area contributed by atoms with Gasteiger partial charge in [-0.05, 0) is 12.3 Å². The summed E-state index contributed by atoms with van der Waals surface area (Å²) in [5.41, 5.74) is -0.704. The fourth-order valence-electron chi connectivity index (χ4n) is 3.28. The van der Waals surface area contributed by atoms with Crippen molar-refractivity contribution in [1.82, 2.24) is 10.2 Å². The highest BCUT2D eigenvalue weighted by Gasteiger charge is 2.36. The average Bonchev–Trinajstić information content (AvgIpc) is 2.56. The van der Waals surface area contributed by atoms with E-state index in [0.29, 0.717) is 32.6 Å². The smallest absolute Gasteiger partial charge is 0.200 e. The van der Waals surface area contributed by atoms with Gasteiger partial charge >= 0.3 is 0 Å². The van der Waals surface area contributed by atoms with Crippen LogP contribution in [0.1, 0.15) is 38.3 Å². The zero-order valence-electron chi connectivity index (χ0n) is 13.2. The Balaban J connectivity index is 2.54. The van der Waals surface area contributed by atoms with Gasteiger partial charge in [0.05, 0.1) is 0 Å². The SMILES string of the molecule is CCCC(C)[C@@H](c1c(F)c(F)c(F)c(F)c1F)N1CCNCC1. The summed E-state index contributed by atoms with van der Waals surface area (Å²) in [5.74, 6) is -9.51. The van der Waals surface area contributed by atoms with Crippen LogP contribution < -0.4 is 5.32 Å². The molecule has 0 aliphatic carbocycles. The standard InChI is InChI=1S/C16H21F5N2/c1-3-4-9(2)16(23-7-5-22-6-8-23)10-11(17)13(19)15(21)14(20)12(10)18/h9,16,22H,3-8H2,1-2H3/t9?,16-/m0/s1. The average molecular weight is 336 g/mol. The third-order valence-electron chi connectivity index (χ3n) is 4.37. The van der Waals surface area contributed by atoms with Crippen molar-refractivity contribution >= 4 is 0 Å². The normalized spacial score (nSPS) is 18.9. The minimum atomic E-state index is -2.11. The highest BCUT2D eigenvalue weighted by atomic mass is 19.2. The van der Waals surface area contributed by atoms with E-state index in [9.17, 15) is 22.0 Å². The molecule has 0 amide bonds. The number of halogens is 5. The van der Waals surface area contributed by atoms with Crippen LogP contribution in [-0.4, -0.2) is 31.1 Å². The molecular formula is C16H21F5N2. The summed E-state index contributed by atoms with van der Waals surface area (Å²) < 4.78 is 69.0. The number of benzene rings is 1. The zero-order valence-corrected chi connectivity index (χ0v) is 13.2. The molecule has 0 bridgehead atoms. The molecular weight excluding hydrogens is 315 g/mol. The Morgan fingerprint density at radius 1 is 0.913 bits per heavy atom. The van der Waals surface area contributed by atoms with E-state index in [1.807, 2.05) is 6.92 Å². The second-order valence-corrected chi connectivity index (χ2v) is 5.98. The van der Waals surface area contributed by atoms with E-state index in [4.69, 9.17) is 0 Å². The number of rotatable bonds is 5. The zero-order chi connectivity index (χ0) is 17.1. The van der Waals surface area contributed by atoms with Crippen molar-refractivity contribution in [1.29, 1.82) is 0 Å². The molecule has 1 aromatic rings. The van der Waals surface area contributed by atoms with E-state index in [1.165, 1.54) is 0 Å². The van der Waals surface area contributed by atoms with Crippen LogP contribution >= 0.6 is 0 Å². The molecule has 2 nitrogen and oxygen atoms in total. The predicted molar refractivity (Wildman–Crippen MR) is 77.5 cm³/mol. The maximum absolute atomic E-state index is 14.2. The molecule has 2 atom stereocenters. The Hall–Kier alpha value is -1.21. The lowest BCUT2D eigenvalue weighted by molar-refractivity contribution is 0.117. The monoisotopic (exact) mass is 336 g/mol. The molecule has 130 valence electrons. The topological polar surface area (TPSA) is 15.3 Å². The van der Waals surface area contributed by atoms with Gasteiger partial charge in [-0.15, -0.1) is 0 Å². The van der Waals surface area contributed by atoms with E-state index in [0.717, 1.165) is 6.42 Å². The highest BCUT2D eigenvalue weighted by Crippen LogP contribution is 2.37. The first-order valence-corrected chi connectivity index (χ1v) is 7.86. The Labute approximate surface area is 132 Å². The lowest BCUT2D eigenvalue weighted by Gasteiger charge is -2.39. The quantitative estimate of drug-likeness (QED) is 0.500. The summed E-state index contributed by atoms with van der Waals surface area (Å²) in [5, 5.41) is 3.12. The van der Waals surface area contributed by atoms with Crippen molar-refractivity contribution in [3.05, 3.63) is 34.6 Å². The van der Waals surface area contributed by atoms with Gasteiger partial charge in [-0.2, -0.15) is 0 Å². The molecule has 1 heterocycles. The molecule has 1 aromatic carbocycles. The van der Waals surface area contributed by atoms with Crippen LogP contribution in [0, 0.1) is 35.0 Å². The lowest BCUT2D eigenvalue weighted by Crippen LogP contribution is -2.47. The van der Waals surface area contributed by atoms with Crippen LogP contribution in [0.25, 0.3) is 0 Å². The minimum absolute atomic E-state index is 0.230. The summed E-state index contributed by atoms with van der Waals surface area (Å²) in [6.45, 7) is 5.93. The van der Waals surface area contributed by atoms with Crippen molar-refractivity contribution < 1.29 is 22.0 Å². The number of hydrogen-bond donors (Lipinski definition) is 1. The minimum Gasteiger partial charge on any atom is -0.314 e. The van der Waals surface area contributed by atoms with E-state index in [1.54, 1.807) is 11.8 Å². The molecule has 1 unspecified atom stereocenters. The van der Waals surface area contributed by atoms with Crippen molar-refractivity contribution in [3.8, 4) is 0 Å². The van der Waals surface area contributed by atoms with E-state index in [2.05, 4.69) is 5.32 Å². The third-order valence-corrected chi connectivity index (χ3v) is 4.37.